The van der Waals surface area contributed by atoms with Crippen LogP contribution in [0, 0.1) is 23.7 Å². The van der Waals surface area contributed by atoms with Gasteiger partial charge in [0.05, 0.1) is 24.3 Å². The molecule has 4 rings (SSSR count). The number of carbonyl (C=O) groups is 3. The monoisotopic (exact) mass is 402 g/mol. The van der Waals surface area contributed by atoms with Gasteiger partial charge in [0.15, 0.2) is 0 Å². The maximum Gasteiger partial charge on any atom is 0.254 e. The Morgan fingerprint density at radius 2 is 1.83 bits per heavy atom. The third-order valence-electron chi connectivity index (χ3n) is 6.48. The molecule has 6 heteroatoms. The molecule has 1 heterocycles. The Hall–Kier alpha value is -3.30. The SMILES string of the molecule is Cc1c(C#N)cccc1-c1ccc(C(=O)N2CC3(C[C@H]2CO)C(=O)CCC3=O)cc1. The van der Waals surface area contributed by atoms with E-state index in [1.807, 2.05) is 31.2 Å². The normalized spacial score (nSPS) is 20.0. The summed E-state index contributed by atoms with van der Waals surface area (Å²) < 4.78 is 0. The van der Waals surface area contributed by atoms with Gasteiger partial charge in [0.1, 0.15) is 17.0 Å². The van der Waals surface area contributed by atoms with Gasteiger partial charge in [0.2, 0.25) is 0 Å². The molecule has 2 aromatic rings. The van der Waals surface area contributed by atoms with E-state index in [0.717, 1.165) is 16.7 Å². The molecule has 0 radical (unpaired) electrons. The average Bonchev–Trinajstić information content (AvgIpc) is 3.30. The molecule has 2 aliphatic rings. The Bertz CT molecular complexity index is 1070. The van der Waals surface area contributed by atoms with Crippen molar-refractivity contribution < 1.29 is 19.5 Å². The van der Waals surface area contributed by atoms with E-state index in [9.17, 15) is 24.8 Å². The molecule has 1 aliphatic heterocycles. The lowest BCUT2D eigenvalue weighted by Gasteiger charge is -2.23. The maximum atomic E-state index is 13.1. The molecule has 1 spiro atoms. The van der Waals surface area contributed by atoms with Crippen molar-refractivity contribution in [2.24, 2.45) is 5.41 Å². The number of likely N-dealkylation sites (tertiary alicyclic amines) is 1. The van der Waals surface area contributed by atoms with Crippen LogP contribution in [0.2, 0.25) is 0 Å². The summed E-state index contributed by atoms with van der Waals surface area (Å²) in [4.78, 5) is 39.4. The molecular formula is C24H22N2O4. The Morgan fingerprint density at radius 1 is 1.17 bits per heavy atom. The predicted molar refractivity (Wildman–Crippen MR) is 110 cm³/mol. The third-order valence-corrected chi connectivity index (χ3v) is 6.48. The molecule has 0 unspecified atom stereocenters. The molecule has 2 fully saturated rings. The lowest BCUT2D eigenvalue weighted by atomic mass is 9.82. The van der Waals surface area contributed by atoms with Gasteiger partial charge in [-0.3, -0.25) is 14.4 Å². The molecular weight excluding hydrogens is 380 g/mol. The Balaban J connectivity index is 1.61. The molecule has 152 valence electrons. The van der Waals surface area contributed by atoms with Gasteiger partial charge in [-0.15, -0.1) is 0 Å². The highest BCUT2D eigenvalue weighted by Crippen LogP contribution is 2.43. The summed E-state index contributed by atoms with van der Waals surface area (Å²) in [5.41, 5.74) is 2.58. The molecule has 1 atom stereocenters. The van der Waals surface area contributed by atoms with Crippen LogP contribution in [0.4, 0.5) is 0 Å². The van der Waals surface area contributed by atoms with Gasteiger partial charge >= 0.3 is 0 Å². The number of rotatable bonds is 3. The van der Waals surface area contributed by atoms with E-state index in [1.165, 1.54) is 4.90 Å². The van der Waals surface area contributed by atoms with Crippen LogP contribution in [0.15, 0.2) is 42.5 Å². The van der Waals surface area contributed by atoms with Gasteiger partial charge in [-0.2, -0.15) is 5.26 Å². The van der Waals surface area contributed by atoms with E-state index >= 15 is 0 Å². The number of hydrogen-bond donors (Lipinski definition) is 1. The van der Waals surface area contributed by atoms with Crippen molar-refractivity contribution in [2.75, 3.05) is 13.2 Å². The van der Waals surface area contributed by atoms with Crippen LogP contribution >= 0.6 is 0 Å². The van der Waals surface area contributed by atoms with Crippen molar-refractivity contribution in [3.05, 3.63) is 59.2 Å². The number of aliphatic hydroxyl groups excluding tert-OH is 1. The maximum absolute atomic E-state index is 13.1. The minimum atomic E-state index is -1.14. The zero-order valence-electron chi connectivity index (χ0n) is 16.7. The molecule has 2 aromatic carbocycles. The topological polar surface area (TPSA) is 98.5 Å². The highest BCUT2D eigenvalue weighted by molar-refractivity contribution is 6.14. The van der Waals surface area contributed by atoms with Crippen LogP contribution in [0.3, 0.4) is 0 Å². The Labute approximate surface area is 174 Å². The molecule has 1 aliphatic carbocycles. The second-order valence-corrected chi connectivity index (χ2v) is 8.07. The molecule has 1 saturated carbocycles. The van der Waals surface area contributed by atoms with Crippen molar-refractivity contribution in [3.8, 4) is 17.2 Å². The number of benzene rings is 2. The first-order valence-corrected chi connectivity index (χ1v) is 10.00. The molecule has 1 saturated heterocycles. The Morgan fingerprint density at radius 3 is 2.43 bits per heavy atom. The third kappa shape index (κ3) is 3.03. The predicted octanol–water partition coefficient (Wildman–Crippen LogP) is 2.66. The summed E-state index contributed by atoms with van der Waals surface area (Å²) in [7, 11) is 0. The van der Waals surface area contributed by atoms with Gasteiger partial charge in [-0.1, -0.05) is 24.3 Å². The van der Waals surface area contributed by atoms with Crippen LogP contribution in [0.25, 0.3) is 11.1 Å². The molecule has 0 bridgehead atoms. The number of ketones is 2. The fourth-order valence-electron chi connectivity index (χ4n) is 4.69. The number of hydrogen-bond acceptors (Lipinski definition) is 5. The van der Waals surface area contributed by atoms with Gasteiger partial charge < -0.3 is 10.0 Å². The van der Waals surface area contributed by atoms with Crippen molar-refractivity contribution in [3.63, 3.8) is 0 Å². The first-order valence-electron chi connectivity index (χ1n) is 10.00. The van der Waals surface area contributed by atoms with E-state index in [0.29, 0.717) is 11.1 Å². The summed E-state index contributed by atoms with van der Waals surface area (Å²) >= 11 is 0. The average molecular weight is 402 g/mol. The first-order chi connectivity index (χ1) is 14.4. The van der Waals surface area contributed by atoms with Gasteiger partial charge in [-0.05, 0) is 48.2 Å². The van der Waals surface area contributed by atoms with Crippen LogP contribution in [-0.2, 0) is 9.59 Å². The zero-order valence-corrected chi connectivity index (χ0v) is 16.7. The number of amides is 1. The zero-order chi connectivity index (χ0) is 21.5. The highest BCUT2D eigenvalue weighted by atomic mass is 16.3. The van der Waals surface area contributed by atoms with Crippen LogP contribution < -0.4 is 0 Å². The minimum Gasteiger partial charge on any atom is -0.394 e. The lowest BCUT2D eigenvalue weighted by molar-refractivity contribution is -0.133. The highest BCUT2D eigenvalue weighted by Gasteiger charge is 2.57. The van der Waals surface area contributed by atoms with Crippen LogP contribution in [0.1, 0.15) is 40.7 Å². The fraction of sp³-hybridized carbons (Fsp3) is 0.333. The first kappa shape index (κ1) is 20.0. The summed E-state index contributed by atoms with van der Waals surface area (Å²) in [5, 5.41) is 19.0. The summed E-state index contributed by atoms with van der Waals surface area (Å²) in [6.45, 7) is 1.64. The standard InChI is InChI=1S/C24H22N2O4/c1-15-18(12-25)3-2-4-20(15)16-5-7-17(8-6-16)23(30)26-14-24(11-19(26)13-27)21(28)9-10-22(24)29/h2-8,19,27H,9-11,13-14H2,1H3/t19-/m0/s1. The lowest BCUT2D eigenvalue weighted by Crippen LogP contribution is -2.40. The minimum absolute atomic E-state index is 0.0415. The number of nitrogens with zero attached hydrogens (tertiary/aromatic N) is 2. The van der Waals surface area contributed by atoms with Gasteiger partial charge in [0, 0.05) is 24.9 Å². The van der Waals surface area contributed by atoms with Crippen molar-refractivity contribution in [1.29, 1.82) is 5.26 Å². The Kier molecular flexibility index (Phi) is 5.00. The van der Waals surface area contributed by atoms with Crippen molar-refractivity contribution >= 4 is 17.5 Å². The second-order valence-electron chi connectivity index (χ2n) is 8.07. The second kappa shape index (κ2) is 7.51. The van der Waals surface area contributed by atoms with Gasteiger partial charge in [-0.25, -0.2) is 0 Å². The number of nitriles is 1. The molecule has 1 amide bonds. The number of Topliss-reactive ketones (excluding diaryl/α,β-unsaturated/α-hetero) is 2. The van der Waals surface area contributed by atoms with Crippen molar-refractivity contribution in [1.82, 2.24) is 4.90 Å². The van der Waals surface area contributed by atoms with E-state index in [4.69, 9.17) is 0 Å². The van der Waals surface area contributed by atoms with E-state index in [-0.39, 0.29) is 49.9 Å². The molecule has 1 N–H and O–H groups in total. The number of aliphatic hydroxyl groups is 1. The van der Waals surface area contributed by atoms with Crippen LogP contribution in [-0.4, -0.2) is 46.7 Å². The largest absolute Gasteiger partial charge is 0.394 e. The van der Waals surface area contributed by atoms with Crippen molar-refractivity contribution in [2.45, 2.75) is 32.2 Å². The molecule has 0 aromatic heterocycles. The molecule has 30 heavy (non-hydrogen) atoms. The fourth-order valence-corrected chi connectivity index (χ4v) is 4.69. The smallest absolute Gasteiger partial charge is 0.254 e. The summed E-state index contributed by atoms with van der Waals surface area (Å²) in [5.74, 6) is -0.540. The summed E-state index contributed by atoms with van der Waals surface area (Å²) in [6, 6.07) is 14.2. The van der Waals surface area contributed by atoms with Crippen LogP contribution in [0.5, 0.6) is 0 Å². The van der Waals surface area contributed by atoms with E-state index in [2.05, 4.69) is 6.07 Å². The molecule has 6 nitrogen and oxygen atoms in total. The summed E-state index contributed by atoms with van der Waals surface area (Å²) in [6.07, 6.45) is 0.634. The number of carbonyl (C=O) groups excluding carboxylic acids is 3. The quantitative estimate of drug-likeness (QED) is 0.796. The van der Waals surface area contributed by atoms with E-state index in [1.54, 1.807) is 18.2 Å². The van der Waals surface area contributed by atoms with Gasteiger partial charge in [0.25, 0.3) is 5.91 Å². The van der Waals surface area contributed by atoms with E-state index < -0.39 is 11.5 Å².